The first-order valence-electron chi connectivity index (χ1n) is 9.65. The number of aliphatic imine (C=N–C) groups is 1. The Labute approximate surface area is 181 Å². The van der Waals surface area contributed by atoms with E-state index < -0.39 is 0 Å². The predicted molar refractivity (Wildman–Crippen MR) is 124 cm³/mol. The summed E-state index contributed by atoms with van der Waals surface area (Å²) in [6.07, 6.45) is 6.11. The molecule has 7 heteroatoms. The Bertz CT molecular complexity index is 561. The van der Waals surface area contributed by atoms with Crippen LogP contribution >= 0.6 is 24.0 Å². The predicted octanol–water partition coefficient (Wildman–Crippen LogP) is 3.65. The van der Waals surface area contributed by atoms with E-state index in [0.717, 1.165) is 49.2 Å². The van der Waals surface area contributed by atoms with Crippen molar-refractivity contribution < 1.29 is 9.47 Å². The molecule has 2 N–H and O–H groups in total. The number of halogens is 1. The van der Waals surface area contributed by atoms with E-state index in [2.05, 4.69) is 39.6 Å². The maximum absolute atomic E-state index is 5.39. The van der Waals surface area contributed by atoms with E-state index in [4.69, 9.17) is 9.47 Å². The van der Waals surface area contributed by atoms with Crippen LogP contribution in [0.3, 0.4) is 0 Å². The lowest BCUT2D eigenvalue weighted by Gasteiger charge is -2.21. The Kier molecular flexibility index (Phi) is 11.3. The summed E-state index contributed by atoms with van der Waals surface area (Å²) in [7, 11) is 5.20. The second-order valence-corrected chi connectivity index (χ2v) is 6.71. The summed E-state index contributed by atoms with van der Waals surface area (Å²) in [4.78, 5) is 6.72. The normalized spacial score (nSPS) is 16.7. The minimum atomic E-state index is 0. The van der Waals surface area contributed by atoms with Crippen LogP contribution in [-0.4, -0.2) is 52.9 Å². The average molecular weight is 490 g/mol. The molecule has 1 saturated heterocycles. The van der Waals surface area contributed by atoms with E-state index in [9.17, 15) is 0 Å². The van der Waals surface area contributed by atoms with Crippen LogP contribution in [0.4, 0.5) is 5.69 Å². The highest BCUT2D eigenvalue weighted by Crippen LogP contribution is 2.30. The second-order valence-electron chi connectivity index (χ2n) is 6.71. The lowest BCUT2D eigenvalue weighted by Crippen LogP contribution is -2.44. The highest BCUT2D eigenvalue weighted by Gasteiger charge is 2.24. The summed E-state index contributed by atoms with van der Waals surface area (Å²) < 4.78 is 10.8. The SMILES string of the molecule is CCCCCCNC(=NC)NC1CCN(c2cc(OC)cc(OC)c2)C1.I. The van der Waals surface area contributed by atoms with Crippen LogP contribution in [-0.2, 0) is 0 Å². The van der Waals surface area contributed by atoms with Gasteiger partial charge in [-0.2, -0.15) is 0 Å². The number of hydrogen-bond acceptors (Lipinski definition) is 4. The molecular formula is C20H35IN4O2. The summed E-state index contributed by atoms with van der Waals surface area (Å²) in [6.45, 7) is 5.15. The molecule has 1 heterocycles. The second kappa shape index (κ2) is 12.9. The van der Waals surface area contributed by atoms with E-state index in [-0.39, 0.29) is 24.0 Å². The van der Waals surface area contributed by atoms with Gasteiger partial charge in [-0.05, 0) is 12.8 Å². The van der Waals surface area contributed by atoms with Gasteiger partial charge in [0.25, 0.3) is 0 Å². The average Bonchev–Trinajstić information content (AvgIpc) is 3.15. The number of benzene rings is 1. The number of nitrogens with one attached hydrogen (secondary N) is 2. The molecule has 1 aliphatic rings. The van der Waals surface area contributed by atoms with Gasteiger partial charge in [-0.1, -0.05) is 26.2 Å². The molecule has 6 nitrogen and oxygen atoms in total. The number of guanidine groups is 1. The molecule has 1 unspecified atom stereocenters. The summed E-state index contributed by atoms with van der Waals surface area (Å²) in [5.41, 5.74) is 1.13. The monoisotopic (exact) mass is 490 g/mol. The Hall–Kier alpha value is -1.38. The maximum Gasteiger partial charge on any atom is 0.191 e. The van der Waals surface area contributed by atoms with Gasteiger partial charge in [0.05, 0.1) is 14.2 Å². The molecule has 2 rings (SSSR count). The highest BCUT2D eigenvalue weighted by molar-refractivity contribution is 14.0. The number of nitrogens with zero attached hydrogens (tertiary/aromatic N) is 2. The Morgan fingerprint density at radius 3 is 2.44 bits per heavy atom. The molecule has 0 aliphatic carbocycles. The molecule has 0 spiro atoms. The van der Waals surface area contributed by atoms with Gasteiger partial charge in [0.2, 0.25) is 0 Å². The van der Waals surface area contributed by atoms with Crippen LogP contribution in [0.15, 0.2) is 23.2 Å². The van der Waals surface area contributed by atoms with E-state index in [1.807, 2.05) is 13.1 Å². The van der Waals surface area contributed by atoms with Crippen molar-refractivity contribution in [3.8, 4) is 11.5 Å². The van der Waals surface area contributed by atoms with Crippen LogP contribution in [0.5, 0.6) is 11.5 Å². The molecule has 1 atom stereocenters. The summed E-state index contributed by atoms with van der Waals surface area (Å²) in [5.74, 6) is 2.54. The standard InChI is InChI=1S/C20H34N4O2.HI/c1-5-6-7-8-10-22-20(21-2)23-16-9-11-24(15-16)17-12-18(25-3)14-19(13-17)26-4;/h12-14,16H,5-11,15H2,1-4H3,(H2,21,22,23);1H. The van der Waals surface area contributed by atoms with Crippen molar-refractivity contribution in [2.45, 2.75) is 45.1 Å². The van der Waals surface area contributed by atoms with Gasteiger partial charge in [-0.15, -0.1) is 24.0 Å². The molecule has 1 aliphatic heterocycles. The van der Waals surface area contributed by atoms with Crippen LogP contribution in [0.1, 0.15) is 39.0 Å². The van der Waals surface area contributed by atoms with Gasteiger partial charge < -0.3 is 25.0 Å². The fraction of sp³-hybridized carbons (Fsp3) is 0.650. The Morgan fingerprint density at radius 1 is 1.15 bits per heavy atom. The molecule has 1 aromatic rings. The highest BCUT2D eigenvalue weighted by atomic mass is 127. The van der Waals surface area contributed by atoms with Gasteiger partial charge in [-0.3, -0.25) is 4.99 Å². The summed E-state index contributed by atoms with van der Waals surface area (Å²) in [5, 5.41) is 6.97. The first-order valence-corrected chi connectivity index (χ1v) is 9.65. The fourth-order valence-corrected chi connectivity index (χ4v) is 3.23. The molecule has 27 heavy (non-hydrogen) atoms. The first kappa shape index (κ1) is 23.7. The van der Waals surface area contributed by atoms with Gasteiger partial charge in [-0.25, -0.2) is 0 Å². The fourth-order valence-electron chi connectivity index (χ4n) is 3.23. The van der Waals surface area contributed by atoms with E-state index in [1.54, 1.807) is 14.2 Å². The molecule has 0 aromatic heterocycles. The largest absolute Gasteiger partial charge is 0.497 e. The number of methoxy groups -OCH3 is 2. The zero-order valence-corrected chi connectivity index (χ0v) is 19.4. The van der Waals surface area contributed by atoms with Crippen LogP contribution in [0.2, 0.25) is 0 Å². The van der Waals surface area contributed by atoms with Crippen molar-refractivity contribution >= 4 is 35.6 Å². The van der Waals surface area contributed by atoms with E-state index >= 15 is 0 Å². The molecule has 0 radical (unpaired) electrons. The third-order valence-corrected chi connectivity index (χ3v) is 4.78. The number of rotatable bonds is 9. The number of ether oxygens (including phenoxy) is 2. The smallest absolute Gasteiger partial charge is 0.191 e. The number of unbranched alkanes of at least 4 members (excludes halogenated alkanes) is 3. The van der Waals surface area contributed by atoms with Gasteiger partial charge >= 0.3 is 0 Å². The number of hydrogen-bond donors (Lipinski definition) is 2. The Balaban J connectivity index is 0.00000364. The minimum absolute atomic E-state index is 0. The van der Waals surface area contributed by atoms with Crippen molar-refractivity contribution in [1.29, 1.82) is 0 Å². The molecule has 0 bridgehead atoms. The van der Waals surface area contributed by atoms with Crippen molar-refractivity contribution in [2.24, 2.45) is 4.99 Å². The summed E-state index contributed by atoms with van der Waals surface area (Å²) in [6, 6.07) is 6.41. The molecule has 1 fully saturated rings. The van der Waals surface area contributed by atoms with Crippen molar-refractivity contribution in [2.75, 3.05) is 45.8 Å². The molecule has 154 valence electrons. The van der Waals surface area contributed by atoms with Crippen molar-refractivity contribution in [3.05, 3.63) is 18.2 Å². The Morgan fingerprint density at radius 2 is 1.85 bits per heavy atom. The third-order valence-electron chi connectivity index (χ3n) is 4.78. The van der Waals surface area contributed by atoms with E-state index in [1.165, 1.54) is 25.7 Å². The lowest BCUT2D eigenvalue weighted by molar-refractivity contribution is 0.394. The van der Waals surface area contributed by atoms with Crippen molar-refractivity contribution in [1.82, 2.24) is 10.6 Å². The van der Waals surface area contributed by atoms with Crippen molar-refractivity contribution in [3.63, 3.8) is 0 Å². The summed E-state index contributed by atoms with van der Waals surface area (Å²) >= 11 is 0. The zero-order chi connectivity index (χ0) is 18.8. The quantitative estimate of drug-likeness (QED) is 0.240. The van der Waals surface area contributed by atoms with E-state index in [0.29, 0.717) is 6.04 Å². The topological polar surface area (TPSA) is 58.1 Å². The van der Waals surface area contributed by atoms with Gasteiger partial charge in [0.1, 0.15) is 11.5 Å². The molecule has 0 amide bonds. The van der Waals surface area contributed by atoms with Crippen LogP contribution in [0.25, 0.3) is 0 Å². The van der Waals surface area contributed by atoms with Crippen LogP contribution in [0, 0.1) is 0 Å². The van der Waals surface area contributed by atoms with Gasteiger partial charge in [0.15, 0.2) is 5.96 Å². The van der Waals surface area contributed by atoms with Crippen LogP contribution < -0.4 is 25.0 Å². The third kappa shape index (κ3) is 7.63. The molecule has 1 aromatic carbocycles. The molecular weight excluding hydrogens is 455 g/mol. The van der Waals surface area contributed by atoms with Gasteiger partial charge in [0, 0.05) is 56.6 Å². The lowest BCUT2D eigenvalue weighted by atomic mass is 10.2. The maximum atomic E-state index is 5.39. The first-order chi connectivity index (χ1) is 12.7. The zero-order valence-electron chi connectivity index (χ0n) is 17.1. The minimum Gasteiger partial charge on any atom is -0.497 e. The molecule has 0 saturated carbocycles. The number of anilines is 1.